The van der Waals surface area contributed by atoms with Crippen molar-refractivity contribution >= 4 is 23.4 Å². The van der Waals surface area contributed by atoms with E-state index in [4.69, 9.17) is 11.6 Å². The molecule has 98 valence electrons. The van der Waals surface area contributed by atoms with Crippen LogP contribution in [0.3, 0.4) is 0 Å². The second kappa shape index (κ2) is 7.22. The number of rotatable bonds is 7. The summed E-state index contributed by atoms with van der Waals surface area (Å²) in [5.74, 6) is 2.92. The third-order valence-corrected chi connectivity index (χ3v) is 4.57. The summed E-state index contributed by atoms with van der Waals surface area (Å²) in [5.41, 5.74) is 1.39. The van der Waals surface area contributed by atoms with Crippen LogP contribution in [0.5, 0.6) is 0 Å². The third-order valence-electron chi connectivity index (χ3n) is 3.37. The largest absolute Gasteiger partial charge is 0.313 e. The molecular formula is C15H20ClNS. The highest BCUT2D eigenvalue weighted by Crippen LogP contribution is 2.37. The van der Waals surface area contributed by atoms with Gasteiger partial charge in [-0.05, 0) is 36.5 Å². The first-order chi connectivity index (χ1) is 8.79. The van der Waals surface area contributed by atoms with Crippen LogP contribution in [0.15, 0.2) is 36.9 Å². The van der Waals surface area contributed by atoms with Gasteiger partial charge in [-0.15, -0.1) is 6.58 Å². The minimum absolute atomic E-state index is 0.693. The predicted molar refractivity (Wildman–Crippen MR) is 82.7 cm³/mol. The lowest BCUT2D eigenvalue weighted by Gasteiger charge is -2.36. The number of thioether (sulfide) groups is 1. The van der Waals surface area contributed by atoms with Gasteiger partial charge in [-0.2, -0.15) is 11.8 Å². The first-order valence-corrected chi connectivity index (χ1v) is 8.00. The van der Waals surface area contributed by atoms with Gasteiger partial charge in [-0.1, -0.05) is 29.8 Å². The molecule has 0 bridgehead atoms. The van der Waals surface area contributed by atoms with Gasteiger partial charge in [-0.3, -0.25) is 0 Å². The van der Waals surface area contributed by atoms with Gasteiger partial charge in [0, 0.05) is 29.1 Å². The van der Waals surface area contributed by atoms with Crippen LogP contribution in [0, 0.1) is 0 Å². The molecule has 3 heteroatoms. The zero-order chi connectivity index (χ0) is 12.8. The van der Waals surface area contributed by atoms with Crippen molar-refractivity contribution in [1.29, 1.82) is 0 Å². The van der Waals surface area contributed by atoms with Crippen molar-refractivity contribution in [1.82, 2.24) is 5.32 Å². The van der Waals surface area contributed by atoms with Crippen LogP contribution in [-0.2, 0) is 0 Å². The van der Waals surface area contributed by atoms with Crippen molar-refractivity contribution < 1.29 is 0 Å². The van der Waals surface area contributed by atoms with Crippen molar-refractivity contribution in [2.24, 2.45) is 0 Å². The normalized spacial score (nSPS) is 22.5. The van der Waals surface area contributed by atoms with Gasteiger partial charge in [-0.25, -0.2) is 0 Å². The van der Waals surface area contributed by atoms with Crippen molar-refractivity contribution in [2.75, 3.05) is 18.1 Å². The molecule has 0 amide bonds. The minimum atomic E-state index is 0.693. The molecule has 0 atom stereocenters. The van der Waals surface area contributed by atoms with Gasteiger partial charge in [0.1, 0.15) is 0 Å². The van der Waals surface area contributed by atoms with Crippen molar-refractivity contribution in [3.05, 3.63) is 47.5 Å². The molecule has 0 radical (unpaired) electrons. The minimum Gasteiger partial charge on any atom is -0.313 e. The summed E-state index contributed by atoms with van der Waals surface area (Å²) in [5, 5.41) is 4.46. The smallest absolute Gasteiger partial charge is 0.0408 e. The molecule has 0 heterocycles. The summed E-state index contributed by atoms with van der Waals surface area (Å²) in [6.45, 7) is 4.82. The number of hydrogen-bond donors (Lipinski definition) is 1. The highest BCUT2D eigenvalue weighted by atomic mass is 35.5. The standard InChI is InChI=1S/C15H20ClNS/c1-2-7-18-8-6-17-15-10-13(11-15)12-4-3-5-14(16)9-12/h2-5,9,13,15,17H,1,6-8,10-11H2. The molecule has 18 heavy (non-hydrogen) atoms. The second-order valence-corrected chi connectivity index (χ2v) is 6.32. The highest BCUT2D eigenvalue weighted by molar-refractivity contribution is 7.99. The van der Waals surface area contributed by atoms with E-state index in [1.54, 1.807) is 0 Å². The van der Waals surface area contributed by atoms with Gasteiger partial charge in [0.15, 0.2) is 0 Å². The van der Waals surface area contributed by atoms with Gasteiger partial charge < -0.3 is 5.32 Å². The summed E-state index contributed by atoms with van der Waals surface area (Å²) in [7, 11) is 0. The number of hydrogen-bond acceptors (Lipinski definition) is 2. The Bertz CT molecular complexity index is 388. The number of benzene rings is 1. The van der Waals surface area contributed by atoms with E-state index in [1.807, 2.05) is 30.0 Å². The Morgan fingerprint density at radius 3 is 3.00 bits per heavy atom. The summed E-state index contributed by atoms with van der Waals surface area (Å²) >= 11 is 7.94. The Kier molecular flexibility index (Phi) is 5.61. The van der Waals surface area contributed by atoms with E-state index in [0.717, 1.165) is 17.3 Å². The molecule has 0 spiro atoms. The fourth-order valence-corrected chi connectivity index (χ4v) is 3.11. The van der Waals surface area contributed by atoms with E-state index >= 15 is 0 Å². The third kappa shape index (κ3) is 4.04. The molecule has 0 unspecified atom stereocenters. The fourth-order valence-electron chi connectivity index (χ4n) is 2.32. The lowest BCUT2D eigenvalue weighted by Crippen LogP contribution is -2.41. The van der Waals surface area contributed by atoms with Gasteiger partial charge in [0.2, 0.25) is 0 Å². The molecule has 0 aliphatic heterocycles. The highest BCUT2D eigenvalue weighted by Gasteiger charge is 2.29. The Morgan fingerprint density at radius 2 is 2.28 bits per heavy atom. The molecule has 1 aromatic rings. The average molecular weight is 282 g/mol. The maximum Gasteiger partial charge on any atom is 0.0408 e. The van der Waals surface area contributed by atoms with Crippen LogP contribution in [0.1, 0.15) is 24.3 Å². The van der Waals surface area contributed by atoms with Crippen LogP contribution in [0.4, 0.5) is 0 Å². The van der Waals surface area contributed by atoms with Crippen LogP contribution in [-0.4, -0.2) is 24.1 Å². The van der Waals surface area contributed by atoms with Gasteiger partial charge in [0.25, 0.3) is 0 Å². The molecule has 1 N–H and O–H groups in total. The van der Waals surface area contributed by atoms with Crippen molar-refractivity contribution in [3.8, 4) is 0 Å². The summed E-state index contributed by atoms with van der Waals surface area (Å²) in [4.78, 5) is 0. The fraction of sp³-hybridized carbons (Fsp3) is 0.467. The van der Waals surface area contributed by atoms with Crippen LogP contribution < -0.4 is 5.32 Å². The Labute approximate surface area is 119 Å². The van der Waals surface area contributed by atoms with Gasteiger partial charge >= 0.3 is 0 Å². The Morgan fingerprint density at radius 1 is 1.44 bits per heavy atom. The molecule has 0 aromatic heterocycles. The monoisotopic (exact) mass is 281 g/mol. The second-order valence-electron chi connectivity index (χ2n) is 4.74. The molecule has 1 fully saturated rings. The Balaban J connectivity index is 1.63. The molecule has 1 aromatic carbocycles. The average Bonchev–Trinajstić information content (AvgIpc) is 2.31. The number of nitrogens with one attached hydrogen (secondary N) is 1. The molecule has 1 nitrogen and oxygen atoms in total. The SMILES string of the molecule is C=CCSCCNC1CC(c2cccc(Cl)c2)C1. The van der Waals surface area contributed by atoms with Crippen LogP contribution in [0.2, 0.25) is 5.02 Å². The lowest BCUT2D eigenvalue weighted by molar-refractivity contribution is 0.296. The molecule has 1 aliphatic rings. The summed E-state index contributed by atoms with van der Waals surface area (Å²) in [6.07, 6.45) is 4.45. The van der Waals surface area contributed by atoms with Gasteiger partial charge in [0.05, 0.1) is 0 Å². The zero-order valence-electron chi connectivity index (χ0n) is 10.6. The first kappa shape index (κ1) is 14.0. The molecular weight excluding hydrogens is 262 g/mol. The zero-order valence-corrected chi connectivity index (χ0v) is 12.1. The number of halogens is 1. The van der Waals surface area contributed by atoms with Crippen LogP contribution in [0.25, 0.3) is 0 Å². The molecule has 1 aliphatic carbocycles. The van der Waals surface area contributed by atoms with E-state index in [1.165, 1.54) is 24.2 Å². The van der Waals surface area contributed by atoms with E-state index in [0.29, 0.717) is 12.0 Å². The summed E-state index contributed by atoms with van der Waals surface area (Å²) < 4.78 is 0. The van der Waals surface area contributed by atoms with Crippen molar-refractivity contribution in [2.45, 2.75) is 24.8 Å². The van der Waals surface area contributed by atoms with Crippen molar-refractivity contribution in [3.63, 3.8) is 0 Å². The molecule has 2 rings (SSSR count). The van der Waals surface area contributed by atoms with Crippen LogP contribution >= 0.6 is 23.4 Å². The maximum atomic E-state index is 6.01. The first-order valence-electron chi connectivity index (χ1n) is 6.47. The quantitative estimate of drug-likeness (QED) is 0.597. The Hall–Kier alpha value is -0.440. The topological polar surface area (TPSA) is 12.0 Å². The van der Waals surface area contributed by atoms with E-state index in [9.17, 15) is 0 Å². The van der Waals surface area contributed by atoms with E-state index in [2.05, 4.69) is 24.0 Å². The van der Waals surface area contributed by atoms with E-state index in [-0.39, 0.29) is 0 Å². The summed E-state index contributed by atoms with van der Waals surface area (Å²) in [6, 6.07) is 8.97. The molecule has 1 saturated carbocycles. The predicted octanol–water partition coefficient (Wildman–Crippen LogP) is 4.09. The maximum absolute atomic E-state index is 6.01. The lowest BCUT2D eigenvalue weighted by atomic mass is 9.76. The van der Waals surface area contributed by atoms with E-state index < -0.39 is 0 Å². The molecule has 0 saturated heterocycles.